The molecule has 0 N–H and O–H groups in total. The third-order valence-corrected chi connectivity index (χ3v) is 15.6. The Balaban J connectivity index is 0.000000191. The van der Waals surface area contributed by atoms with Crippen LogP contribution in [0.5, 0.6) is 0 Å². The van der Waals surface area contributed by atoms with Crippen molar-refractivity contribution in [3.63, 3.8) is 0 Å². The highest BCUT2D eigenvalue weighted by atomic mass is 35.5. The number of benzene rings is 6. The summed E-state index contributed by atoms with van der Waals surface area (Å²) in [5.41, 5.74) is 3.84. The fraction of sp³-hybridized carbons (Fsp3) is 0.224. The highest BCUT2D eigenvalue weighted by Gasteiger charge is 2.36. The van der Waals surface area contributed by atoms with Crippen LogP contribution in [-0.2, 0) is 29.6 Å². The summed E-state index contributed by atoms with van der Waals surface area (Å²) in [5.74, 6) is -0.473. The molecule has 0 aromatic heterocycles. The van der Waals surface area contributed by atoms with E-state index in [0.29, 0.717) is 39.5 Å². The second kappa shape index (κ2) is 20.6. The van der Waals surface area contributed by atoms with Crippen LogP contribution in [-0.4, -0.2) is 64.6 Å². The number of hydrogen-bond acceptors (Lipinski definition) is 6. The van der Waals surface area contributed by atoms with E-state index >= 15 is 0 Å². The molecule has 2 atom stereocenters. The van der Waals surface area contributed by atoms with Crippen molar-refractivity contribution in [2.45, 2.75) is 54.5 Å². The van der Waals surface area contributed by atoms with E-state index in [1.807, 2.05) is 67.6 Å². The van der Waals surface area contributed by atoms with Gasteiger partial charge in [-0.25, -0.2) is 16.8 Å². The average Bonchev–Trinajstić information content (AvgIpc) is 4.01. The topological polar surface area (TPSA) is 115 Å². The molecule has 2 aliphatic heterocycles. The van der Waals surface area contributed by atoms with Crippen LogP contribution < -0.4 is 8.61 Å². The van der Waals surface area contributed by atoms with Gasteiger partial charge in [-0.3, -0.25) is 18.2 Å². The number of rotatable bonds is 12. The summed E-state index contributed by atoms with van der Waals surface area (Å²) in [6, 6.07) is 45.1. The molecule has 2 fully saturated rings. The molecule has 15 heteroatoms. The number of hydrogen-bond donors (Lipinski definition) is 0. The van der Waals surface area contributed by atoms with Gasteiger partial charge in [0, 0.05) is 28.2 Å². The van der Waals surface area contributed by atoms with Crippen LogP contribution in [0.4, 0.5) is 11.4 Å². The number of aryl methyl sites for hydroxylation is 1. The molecule has 332 valence electrons. The van der Waals surface area contributed by atoms with E-state index in [1.54, 1.807) is 94.7 Å². The van der Waals surface area contributed by atoms with Gasteiger partial charge in [-0.05, 0) is 123 Å². The molecule has 0 bridgehead atoms. The highest BCUT2D eigenvalue weighted by Crippen LogP contribution is 2.35. The van der Waals surface area contributed by atoms with Crippen molar-refractivity contribution in [1.29, 1.82) is 0 Å². The molecule has 2 saturated heterocycles. The quantitative estimate of drug-likeness (QED) is 0.121. The molecule has 10 nitrogen and oxygen atoms in total. The van der Waals surface area contributed by atoms with Crippen LogP contribution in [0.3, 0.4) is 0 Å². The van der Waals surface area contributed by atoms with E-state index in [-0.39, 0.29) is 46.8 Å². The lowest BCUT2D eigenvalue weighted by Crippen LogP contribution is -2.42. The highest BCUT2D eigenvalue weighted by molar-refractivity contribution is 7.93. The maximum absolute atomic E-state index is 13.6. The molecule has 2 aliphatic rings. The van der Waals surface area contributed by atoms with Gasteiger partial charge in [0.2, 0.25) is 11.8 Å². The monoisotopic (exact) mass is 956 g/mol. The Morgan fingerprint density at radius 2 is 0.938 bits per heavy atom. The molecule has 2 amide bonds. The minimum atomic E-state index is -4.04. The minimum absolute atomic E-state index is 0.0220. The zero-order valence-electron chi connectivity index (χ0n) is 35.0. The Morgan fingerprint density at radius 1 is 0.516 bits per heavy atom. The van der Waals surface area contributed by atoms with Crippen molar-refractivity contribution in [2.75, 3.05) is 34.8 Å². The Hall–Kier alpha value is -5.37. The smallest absolute Gasteiger partial charge is 0.264 e. The first-order valence-electron chi connectivity index (χ1n) is 20.8. The van der Waals surface area contributed by atoms with Crippen LogP contribution in [0.15, 0.2) is 168 Å². The van der Waals surface area contributed by atoms with Crippen molar-refractivity contribution in [1.82, 2.24) is 9.80 Å². The van der Waals surface area contributed by atoms with Crippen LogP contribution >= 0.6 is 34.8 Å². The number of anilines is 2. The SMILES string of the molecule is Cc1ccc(S(=O)(=O)N(CC(=O)N2CCCC2c2ccccc2)c2ccc(Cl)cc2)cc1.O=C(CN(c1ccc(Cl)cc1)S(=O)(=O)c1cccc(Cl)c1)N1CCCC1c1ccccc1. The second-order valence-corrected chi connectivity index (χ2v) is 20.6. The summed E-state index contributed by atoms with van der Waals surface area (Å²) in [6.07, 6.45) is 3.46. The van der Waals surface area contributed by atoms with Crippen molar-refractivity contribution >= 4 is 78.0 Å². The number of carbonyl (C=O) groups excluding carboxylic acids is 2. The largest absolute Gasteiger partial charge is 0.334 e. The number of amides is 2. The Bertz CT molecular complexity index is 2770. The van der Waals surface area contributed by atoms with Gasteiger partial charge in [-0.2, -0.15) is 0 Å². The minimum Gasteiger partial charge on any atom is -0.334 e. The Morgan fingerprint density at radius 3 is 1.36 bits per heavy atom. The first kappa shape index (κ1) is 46.6. The van der Waals surface area contributed by atoms with Gasteiger partial charge >= 0.3 is 0 Å². The van der Waals surface area contributed by atoms with Crippen molar-refractivity contribution in [2.24, 2.45) is 0 Å². The van der Waals surface area contributed by atoms with E-state index in [9.17, 15) is 26.4 Å². The summed E-state index contributed by atoms with van der Waals surface area (Å²) in [5, 5.41) is 1.28. The van der Waals surface area contributed by atoms with Gasteiger partial charge in [0.25, 0.3) is 20.0 Å². The van der Waals surface area contributed by atoms with Gasteiger partial charge in [-0.1, -0.05) is 119 Å². The lowest BCUT2D eigenvalue weighted by atomic mass is 10.0. The predicted molar refractivity (Wildman–Crippen MR) is 255 cm³/mol. The van der Waals surface area contributed by atoms with E-state index in [4.69, 9.17) is 34.8 Å². The molecule has 64 heavy (non-hydrogen) atoms. The van der Waals surface area contributed by atoms with Crippen LogP contribution in [0, 0.1) is 6.92 Å². The molecule has 2 heterocycles. The summed E-state index contributed by atoms with van der Waals surface area (Å²) >= 11 is 18.1. The number of halogens is 3. The maximum Gasteiger partial charge on any atom is 0.264 e. The van der Waals surface area contributed by atoms with E-state index < -0.39 is 20.0 Å². The molecular weight excluding hydrogens is 911 g/mol. The molecule has 6 aromatic rings. The molecule has 0 aliphatic carbocycles. The number of likely N-dealkylation sites (tertiary alicyclic amines) is 2. The van der Waals surface area contributed by atoms with Crippen LogP contribution in [0.2, 0.25) is 15.1 Å². The molecule has 2 unspecified atom stereocenters. The normalized spacial score (nSPS) is 16.2. The molecule has 8 rings (SSSR count). The van der Waals surface area contributed by atoms with E-state index in [1.165, 1.54) is 16.4 Å². The second-order valence-electron chi connectivity index (χ2n) is 15.6. The molecule has 0 radical (unpaired) electrons. The van der Waals surface area contributed by atoms with Crippen molar-refractivity contribution in [3.8, 4) is 0 Å². The molecule has 0 spiro atoms. The third kappa shape index (κ3) is 10.9. The summed E-state index contributed by atoms with van der Waals surface area (Å²) < 4.78 is 56.5. The predicted octanol–water partition coefficient (Wildman–Crippen LogP) is 10.8. The average molecular weight is 958 g/mol. The Labute approximate surface area is 390 Å². The first-order chi connectivity index (χ1) is 30.7. The Kier molecular flexibility index (Phi) is 15.0. The number of carbonyl (C=O) groups is 2. The maximum atomic E-state index is 13.6. The zero-order chi connectivity index (χ0) is 45.4. The van der Waals surface area contributed by atoms with Gasteiger partial charge in [0.15, 0.2) is 0 Å². The molecular formula is C49H47Cl3N4O6S2. The zero-order valence-corrected chi connectivity index (χ0v) is 38.9. The lowest BCUT2D eigenvalue weighted by Gasteiger charge is -2.30. The van der Waals surface area contributed by atoms with Gasteiger partial charge < -0.3 is 9.80 Å². The molecule has 6 aromatic carbocycles. The summed E-state index contributed by atoms with van der Waals surface area (Å²) in [4.78, 5) is 30.5. The lowest BCUT2D eigenvalue weighted by molar-refractivity contribution is -0.131. The molecule has 0 saturated carbocycles. The third-order valence-electron chi connectivity index (χ3n) is 11.3. The fourth-order valence-corrected chi connectivity index (χ4v) is 11.4. The van der Waals surface area contributed by atoms with Gasteiger partial charge in [0.05, 0.1) is 33.2 Å². The van der Waals surface area contributed by atoms with Gasteiger partial charge in [0.1, 0.15) is 13.1 Å². The standard InChI is InChI=1S/C25H25ClN2O3S.C24H22Cl2N2O3S/c1-19-9-15-23(16-10-19)32(30,31)28(22-13-11-21(26)12-14-22)18-25(29)27-17-5-8-24(27)20-6-3-2-4-7-20;25-19-11-13-21(14-12-19)28(32(30,31)22-9-4-8-20(26)16-22)17-24(29)27-15-5-10-23(27)18-6-2-1-3-7-18/h2-4,6-7,9-16,24H,5,8,17-18H2,1H3;1-4,6-9,11-14,16,23H,5,10,15,17H2. The fourth-order valence-electron chi connectivity index (χ4n) is 8.04. The van der Waals surface area contributed by atoms with E-state index in [0.717, 1.165) is 46.7 Å². The van der Waals surface area contributed by atoms with Gasteiger partial charge in [-0.15, -0.1) is 0 Å². The van der Waals surface area contributed by atoms with Crippen molar-refractivity contribution < 1.29 is 26.4 Å². The number of sulfonamides is 2. The van der Waals surface area contributed by atoms with Crippen LogP contribution in [0.25, 0.3) is 0 Å². The van der Waals surface area contributed by atoms with E-state index in [2.05, 4.69) is 0 Å². The first-order valence-corrected chi connectivity index (χ1v) is 24.8. The number of nitrogens with zero attached hydrogens (tertiary/aromatic N) is 4. The van der Waals surface area contributed by atoms with Crippen LogP contribution in [0.1, 0.15) is 54.5 Å². The van der Waals surface area contributed by atoms with Crippen molar-refractivity contribution in [3.05, 3.63) is 189 Å². The summed E-state index contributed by atoms with van der Waals surface area (Å²) in [7, 11) is -7.99. The summed E-state index contributed by atoms with van der Waals surface area (Å²) in [6.45, 7) is 2.50.